The molecular weight excluding hydrogens is 424 g/mol. The number of nitrogens with zero attached hydrogens (tertiary/aromatic N) is 3. The Kier molecular flexibility index (Phi) is 7.47. The van der Waals surface area contributed by atoms with Crippen LogP contribution in [0.15, 0.2) is 12.7 Å². The van der Waals surface area contributed by atoms with Gasteiger partial charge in [0.2, 0.25) is 11.8 Å². The van der Waals surface area contributed by atoms with Gasteiger partial charge >= 0.3 is 0 Å². The van der Waals surface area contributed by atoms with E-state index >= 15 is 0 Å². The minimum Gasteiger partial charge on any atom is -0.392 e. The minimum absolute atomic E-state index is 0.0288. The number of nitrogens with one attached hydrogen (secondary N) is 1. The molecular formula is C24H38N4O3S. The third-order valence-corrected chi connectivity index (χ3v) is 8.43. The highest BCUT2D eigenvalue weighted by atomic mass is 32.1. The monoisotopic (exact) mass is 462 g/mol. The van der Waals surface area contributed by atoms with E-state index < -0.39 is 6.10 Å². The zero-order chi connectivity index (χ0) is 23.8. The molecule has 6 atom stereocenters. The van der Waals surface area contributed by atoms with Gasteiger partial charge in [-0.3, -0.25) is 9.59 Å². The lowest BCUT2D eigenvalue weighted by Gasteiger charge is -2.53. The van der Waals surface area contributed by atoms with E-state index in [2.05, 4.69) is 25.7 Å². The third-order valence-electron chi connectivity index (χ3n) is 7.44. The van der Waals surface area contributed by atoms with E-state index in [1.54, 1.807) is 29.4 Å². The lowest BCUT2D eigenvalue weighted by atomic mass is 9.53. The molecule has 1 unspecified atom stereocenters. The van der Waals surface area contributed by atoms with Crippen LogP contribution in [0.5, 0.6) is 0 Å². The van der Waals surface area contributed by atoms with Gasteiger partial charge in [-0.25, -0.2) is 4.98 Å². The Morgan fingerprint density at radius 1 is 1.41 bits per heavy atom. The SMILES string of the molecule is C=CCN(C)C(=O)[C@@H](C)C1CC[C@@]2(C)Cc3sc(NC(=O)CN(C)C)nc3[C@@H](C)[C@@H]2[C@H]1O. The maximum absolute atomic E-state index is 12.9. The highest BCUT2D eigenvalue weighted by Crippen LogP contribution is 2.57. The Balaban J connectivity index is 1.81. The van der Waals surface area contributed by atoms with Gasteiger partial charge in [-0.1, -0.05) is 26.8 Å². The molecule has 32 heavy (non-hydrogen) atoms. The summed E-state index contributed by atoms with van der Waals surface area (Å²) >= 11 is 1.56. The first-order valence-corrected chi connectivity index (χ1v) is 12.3. The van der Waals surface area contributed by atoms with Crippen molar-refractivity contribution in [1.82, 2.24) is 14.8 Å². The van der Waals surface area contributed by atoms with E-state index in [4.69, 9.17) is 4.98 Å². The first-order valence-electron chi connectivity index (χ1n) is 11.5. The fraction of sp³-hybridized carbons (Fsp3) is 0.708. The molecule has 2 N–H and O–H groups in total. The summed E-state index contributed by atoms with van der Waals surface area (Å²) in [6.45, 7) is 10.9. The molecule has 0 saturated heterocycles. The Labute approximate surface area is 195 Å². The number of carbonyl (C=O) groups is 2. The largest absolute Gasteiger partial charge is 0.392 e. The van der Waals surface area contributed by atoms with Crippen molar-refractivity contribution >= 4 is 28.3 Å². The summed E-state index contributed by atoms with van der Waals surface area (Å²) in [5.74, 6) is -0.250. The van der Waals surface area contributed by atoms with Gasteiger partial charge < -0.3 is 20.2 Å². The number of rotatable bonds is 7. The van der Waals surface area contributed by atoms with Gasteiger partial charge in [0.25, 0.3) is 0 Å². The van der Waals surface area contributed by atoms with Crippen LogP contribution in [-0.4, -0.2) is 72.0 Å². The Morgan fingerprint density at radius 2 is 2.09 bits per heavy atom. The molecule has 0 bridgehead atoms. The molecule has 178 valence electrons. The molecule has 0 spiro atoms. The smallest absolute Gasteiger partial charge is 0.240 e. The number of amides is 2. The van der Waals surface area contributed by atoms with Crippen molar-refractivity contribution < 1.29 is 14.7 Å². The maximum Gasteiger partial charge on any atom is 0.240 e. The number of aliphatic hydroxyl groups is 1. The lowest BCUT2D eigenvalue weighted by molar-refractivity contribution is -0.143. The van der Waals surface area contributed by atoms with Crippen molar-refractivity contribution in [3.05, 3.63) is 23.2 Å². The molecule has 2 aliphatic rings. The van der Waals surface area contributed by atoms with E-state index in [-0.39, 0.29) is 40.9 Å². The number of thiazole rings is 1. The third kappa shape index (κ3) is 4.77. The van der Waals surface area contributed by atoms with Crippen molar-refractivity contribution in [3.63, 3.8) is 0 Å². The first kappa shape index (κ1) is 24.9. The highest BCUT2D eigenvalue weighted by Gasteiger charge is 2.54. The second-order valence-electron chi connectivity index (χ2n) is 10.2. The van der Waals surface area contributed by atoms with Crippen LogP contribution in [0.3, 0.4) is 0 Å². The summed E-state index contributed by atoms with van der Waals surface area (Å²) in [6.07, 6.45) is 3.80. The number of hydrogen-bond donors (Lipinski definition) is 2. The number of carbonyl (C=O) groups excluding carboxylic acids is 2. The van der Waals surface area contributed by atoms with E-state index in [1.807, 2.05) is 25.9 Å². The molecule has 3 rings (SSSR count). The quantitative estimate of drug-likeness (QED) is 0.609. The van der Waals surface area contributed by atoms with Crippen molar-refractivity contribution in [1.29, 1.82) is 0 Å². The summed E-state index contributed by atoms with van der Waals surface area (Å²) in [6, 6.07) is 0. The highest BCUT2D eigenvalue weighted by molar-refractivity contribution is 7.15. The average molecular weight is 463 g/mol. The molecule has 1 aromatic rings. The predicted octanol–water partition coefficient (Wildman–Crippen LogP) is 2.98. The molecule has 2 aliphatic carbocycles. The van der Waals surface area contributed by atoms with Gasteiger partial charge in [-0.05, 0) is 50.6 Å². The summed E-state index contributed by atoms with van der Waals surface area (Å²) < 4.78 is 0. The van der Waals surface area contributed by atoms with Crippen LogP contribution in [-0.2, 0) is 16.0 Å². The van der Waals surface area contributed by atoms with Gasteiger partial charge in [-0.2, -0.15) is 0 Å². The molecule has 0 radical (unpaired) electrons. The molecule has 2 amide bonds. The number of hydrogen-bond acceptors (Lipinski definition) is 6. The fourth-order valence-electron chi connectivity index (χ4n) is 5.86. The van der Waals surface area contributed by atoms with Gasteiger partial charge in [0.1, 0.15) is 0 Å². The number of aliphatic hydroxyl groups excluding tert-OH is 1. The number of likely N-dealkylation sites (N-methyl/N-ethyl adjacent to an activating group) is 2. The molecule has 1 saturated carbocycles. The zero-order valence-corrected chi connectivity index (χ0v) is 21.0. The van der Waals surface area contributed by atoms with E-state index in [9.17, 15) is 14.7 Å². The van der Waals surface area contributed by atoms with Crippen molar-refractivity contribution in [2.45, 2.75) is 52.1 Å². The second-order valence-corrected chi connectivity index (χ2v) is 11.3. The second kappa shape index (κ2) is 9.61. The van der Waals surface area contributed by atoms with Crippen LogP contribution in [0.2, 0.25) is 0 Å². The van der Waals surface area contributed by atoms with Gasteiger partial charge in [0.05, 0.1) is 18.3 Å². The summed E-state index contributed by atoms with van der Waals surface area (Å²) in [7, 11) is 5.51. The predicted molar refractivity (Wildman–Crippen MR) is 129 cm³/mol. The molecule has 0 aliphatic heterocycles. The standard InChI is InChI=1S/C24H38N4O3S/c1-8-11-28(7)22(31)14(2)16-9-10-24(4)12-17-20(15(3)19(24)21(16)30)26-23(32-17)25-18(29)13-27(5)6/h8,14-16,19,21,30H,1,9-13H2,2-7H3,(H,25,26,29)/t14-,15-,16?,19+,21-,24-/m0/s1. The Hall–Kier alpha value is -1.77. The van der Waals surface area contributed by atoms with E-state index in [1.165, 1.54) is 4.88 Å². The van der Waals surface area contributed by atoms with Crippen LogP contribution in [0.4, 0.5) is 5.13 Å². The maximum atomic E-state index is 12.9. The number of fused-ring (bicyclic) bond motifs is 2. The van der Waals surface area contributed by atoms with Crippen LogP contribution in [0.25, 0.3) is 0 Å². The van der Waals surface area contributed by atoms with Gasteiger partial charge in [0.15, 0.2) is 5.13 Å². The van der Waals surface area contributed by atoms with Crippen LogP contribution in [0, 0.1) is 23.2 Å². The van der Waals surface area contributed by atoms with Crippen molar-refractivity contribution in [3.8, 4) is 0 Å². The summed E-state index contributed by atoms with van der Waals surface area (Å²) in [4.78, 5) is 34.6. The first-order chi connectivity index (χ1) is 15.0. The van der Waals surface area contributed by atoms with E-state index in [0.29, 0.717) is 18.2 Å². The normalized spacial score (nSPS) is 30.2. The minimum atomic E-state index is -0.568. The molecule has 1 heterocycles. The molecule has 8 heteroatoms. The fourth-order valence-corrected chi connectivity index (χ4v) is 7.14. The number of aromatic nitrogens is 1. The van der Waals surface area contributed by atoms with Gasteiger partial charge in [-0.15, -0.1) is 17.9 Å². The molecule has 0 aromatic carbocycles. The van der Waals surface area contributed by atoms with E-state index in [0.717, 1.165) is 25.0 Å². The van der Waals surface area contributed by atoms with Gasteiger partial charge in [0, 0.05) is 30.3 Å². The summed E-state index contributed by atoms with van der Waals surface area (Å²) in [5.41, 5.74) is 0.940. The molecule has 1 aromatic heterocycles. The van der Waals surface area contributed by atoms with Crippen LogP contribution >= 0.6 is 11.3 Å². The Morgan fingerprint density at radius 3 is 2.72 bits per heavy atom. The van der Waals surface area contributed by atoms with Crippen molar-refractivity contribution in [2.24, 2.45) is 23.2 Å². The number of anilines is 1. The topological polar surface area (TPSA) is 85.8 Å². The Bertz CT molecular complexity index is 869. The molecule has 1 fully saturated rings. The average Bonchev–Trinajstić information content (AvgIpc) is 3.08. The lowest BCUT2D eigenvalue weighted by Crippen LogP contribution is -2.53. The van der Waals surface area contributed by atoms with Crippen LogP contribution in [0.1, 0.15) is 50.1 Å². The van der Waals surface area contributed by atoms with Crippen molar-refractivity contribution in [2.75, 3.05) is 39.5 Å². The molecule has 7 nitrogen and oxygen atoms in total. The summed E-state index contributed by atoms with van der Waals surface area (Å²) in [5, 5.41) is 15.1. The zero-order valence-electron chi connectivity index (χ0n) is 20.2. The van der Waals surface area contributed by atoms with Crippen LogP contribution < -0.4 is 5.32 Å².